The molecule has 2 fully saturated rings. The third kappa shape index (κ3) is 5.73. The van der Waals surface area contributed by atoms with Crippen molar-refractivity contribution in [2.45, 2.75) is 78.3 Å². The summed E-state index contributed by atoms with van der Waals surface area (Å²) in [5.41, 5.74) is 2.69. The Morgan fingerprint density at radius 2 is 1.85 bits per heavy atom. The Labute approximate surface area is 232 Å². The van der Waals surface area contributed by atoms with Crippen LogP contribution in [-0.2, 0) is 4.79 Å². The maximum Gasteiger partial charge on any atom is 0.251 e. The summed E-state index contributed by atoms with van der Waals surface area (Å²) in [4.78, 5) is 42.2. The minimum atomic E-state index is -0.522. The van der Waals surface area contributed by atoms with Crippen LogP contribution in [0.5, 0.6) is 0 Å². The number of anilines is 4. The summed E-state index contributed by atoms with van der Waals surface area (Å²) in [6.07, 6.45) is 8.36. The zero-order valence-corrected chi connectivity index (χ0v) is 24.1. The zero-order chi connectivity index (χ0) is 27.7. The van der Waals surface area contributed by atoms with Gasteiger partial charge in [0.1, 0.15) is 5.69 Å². The van der Waals surface area contributed by atoms with Crippen molar-refractivity contribution in [3.05, 3.63) is 35.5 Å². The van der Waals surface area contributed by atoms with E-state index in [1.54, 1.807) is 11.1 Å². The first-order chi connectivity index (χ1) is 18.7. The molecular weight excluding hydrogens is 490 g/mol. The molecule has 1 saturated heterocycles. The second-order valence-electron chi connectivity index (χ2n) is 12.1. The number of likely N-dealkylation sites (tertiary alicyclic amines) is 1. The van der Waals surface area contributed by atoms with Gasteiger partial charge >= 0.3 is 0 Å². The molecule has 0 atom stereocenters. The van der Waals surface area contributed by atoms with Gasteiger partial charge in [-0.2, -0.15) is 4.98 Å². The molecule has 39 heavy (non-hydrogen) atoms. The Kier molecular flexibility index (Phi) is 7.80. The van der Waals surface area contributed by atoms with Crippen LogP contribution in [0.3, 0.4) is 0 Å². The highest BCUT2D eigenvalue weighted by Gasteiger charge is 2.41. The molecular formula is C30H43N7O2. The number of hydrogen-bond donors (Lipinski definition) is 2. The number of nitrogens with one attached hydrogen (secondary N) is 2. The highest BCUT2D eigenvalue weighted by Crippen LogP contribution is 2.40. The van der Waals surface area contributed by atoms with Gasteiger partial charge in [-0.25, -0.2) is 4.98 Å². The molecule has 1 saturated carbocycles. The maximum absolute atomic E-state index is 13.2. The van der Waals surface area contributed by atoms with Crippen molar-refractivity contribution in [2.75, 3.05) is 48.3 Å². The number of amides is 2. The van der Waals surface area contributed by atoms with Crippen LogP contribution >= 0.6 is 0 Å². The third-order valence-electron chi connectivity index (χ3n) is 8.70. The van der Waals surface area contributed by atoms with Gasteiger partial charge in [0, 0.05) is 50.0 Å². The highest BCUT2D eigenvalue weighted by molar-refractivity contribution is 6.01. The summed E-state index contributed by atoms with van der Waals surface area (Å²) < 4.78 is 0. The maximum atomic E-state index is 13.2. The van der Waals surface area contributed by atoms with Gasteiger partial charge in [0.15, 0.2) is 5.82 Å². The zero-order valence-electron chi connectivity index (χ0n) is 24.1. The lowest BCUT2D eigenvalue weighted by Gasteiger charge is -2.34. The van der Waals surface area contributed by atoms with Gasteiger partial charge in [0.2, 0.25) is 11.9 Å². The molecule has 1 aromatic carbocycles. The Morgan fingerprint density at radius 3 is 2.51 bits per heavy atom. The first kappa shape index (κ1) is 27.4. The van der Waals surface area contributed by atoms with E-state index in [2.05, 4.69) is 32.3 Å². The molecule has 1 aliphatic carbocycles. The first-order valence-corrected chi connectivity index (χ1v) is 14.5. The Bertz CT molecular complexity index is 1220. The molecule has 1 aromatic heterocycles. The molecule has 210 valence electrons. The van der Waals surface area contributed by atoms with E-state index in [-0.39, 0.29) is 17.9 Å². The molecule has 9 heteroatoms. The molecule has 2 aromatic rings. The number of fused-ring (bicyclic) bond motifs is 1. The predicted molar refractivity (Wildman–Crippen MR) is 156 cm³/mol. The number of carbonyl (C=O) groups is 2. The Balaban J connectivity index is 1.34. The van der Waals surface area contributed by atoms with Crippen LogP contribution in [0, 0.1) is 12.3 Å². The summed E-state index contributed by atoms with van der Waals surface area (Å²) in [7, 11) is 1.82. The van der Waals surface area contributed by atoms with E-state index in [1.807, 2.05) is 46.0 Å². The minimum Gasteiger partial charge on any atom is -0.351 e. The van der Waals surface area contributed by atoms with E-state index >= 15 is 0 Å². The van der Waals surface area contributed by atoms with Crippen LogP contribution in [0.1, 0.15) is 75.2 Å². The highest BCUT2D eigenvalue weighted by atomic mass is 16.2. The van der Waals surface area contributed by atoms with Gasteiger partial charge in [-0.1, -0.05) is 19.8 Å². The van der Waals surface area contributed by atoms with Crippen LogP contribution in [0.4, 0.5) is 23.1 Å². The summed E-state index contributed by atoms with van der Waals surface area (Å²) in [6, 6.07) is 6.30. The first-order valence-electron chi connectivity index (χ1n) is 14.5. The van der Waals surface area contributed by atoms with Crippen molar-refractivity contribution in [3.8, 4) is 0 Å². The number of benzene rings is 1. The molecule has 0 bridgehead atoms. The smallest absolute Gasteiger partial charge is 0.251 e. The lowest BCUT2D eigenvalue weighted by Crippen LogP contribution is -2.45. The number of aromatic nitrogens is 2. The van der Waals surface area contributed by atoms with E-state index in [0.717, 1.165) is 68.1 Å². The quantitative estimate of drug-likeness (QED) is 0.565. The van der Waals surface area contributed by atoms with Gasteiger partial charge < -0.3 is 25.3 Å². The number of hydrogen-bond acceptors (Lipinski definition) is 7. The van der Waals surface area contributed by atoms with E-state index in [4.69, 9.17) is 4.98 Å². The van der Waals surface area contributed by atoms with Gasteiger partial charge in [0.25, 0.3) is 5.91 Å². The summed E-state index contributed by atoms with van der Waals surface area (Å²) in [5, 5.41) is 6.58. The van der Waals surface area contributed by atoms with Crippen molar-refractivity contribution in [3.63, 3.8) is 0 Å². The minimum absolute atomic E-state index is 0.0246. The number of aryl methyl sites for hydroxylation is 1. The molecule has 2 N–H and O–H groups in total. The molecule has 2 amide bonds. The monoisotopic (exact) mass is 533 g/mol. The van der Waals surface area contributed by atoms with E-state index in [1.165, 1.54) is 12.8 Å². The average molecular weight is 534 g/mol. The van der Waals surface area contributed by atoms with Crippen LogP contribution in [0.15, 0.2) is 24.4 Å². The van der Waals surface area contributed by atoms with Crippen molar-refractivity contribution < 1.29 is 9.59 Å². The number of nitrogens with zero attached hydrogens (tertiary/aromatic N) is 5. The van der Waals surface area contributed by atoms with Crippen molar-refractivity contribution in [1.82, 2.24) is 20.2 Å². The molecule has 0 unspecified atom stereocenters. The van der Waals surface area contributed by atoms with Crippen molar-refractivity contribution in [2.24, 2.45) is 5.41 Å². The van der Waals surface area contributed by atoms with E-state index < -0.39 is 5.41 Å². The van der Waals surface area contributed by atoms with Gasteiger partial charge in [-0.05, 0) is 76.8 Å². The topological polar surface area (TPSA) is 93.7 Å². The summed E-state index contributed by atoms with van der Waals surface area (Å²) in [5.74, 6) is 1.35. The number of piperidine rings is 1. The lowest BCUT2D eigenvalue weighted by molar-refractivity contribution is -0.125. The largest absolute Gasteiger partial charge is 0.351 e. The summed E-state index contributed by atoms with van der Waals surface area (Å²) in [6.45, 7) is 12.0. The fourth-order valence-corrected chi connectivity index (χ4v) is 6.25. The van der Waals surface area contributed by atoms with E-state index in [9.17, 15) is 9.59 Å². The van der Waals surface area contributed by atoms with Crippen LogP contribution in [0.2, 0.25) is 0 Å². The van der Waals surface area contributed by atoms with Gasteiger partial charge in [-0.15, -0.1) is 0 Å². The molecule has 9 nitrogen and oxygen atoms in total. The predicted octanol–water partition coefficient (Wildman–Crippen LogP) is 4.49. The Hall–Kier alpha value is -3.20. The average Bonchev–Trinajstić information content (AvgIpc) is 3.45. The molecule has 5 rings (SSSR count). The Morgan fingerprint density at radius 1 is 1.13 bits per heavy atom. The lowest BCUT2D eigenvalue weighted by atomic mass is 9.91. The van der Waals surface area contributed by atoms with Crippen molar-refractivity contribution in [1.29, 1.82) is 0 Å². The molecule has 3 aliphatic rings. The fourth-order valence-electron chi connectivity index (χ4n) is 6.25. The number of carbonyl (C=O) groups excluding carboxylic acids is 2. The second kappa shape index (κ2) is 11.1. The second-order valence-corrected chi connectivity index (χ2v) is 12.1. The number of rotatable bonds is 6. The SMILES string of the molecule is CCN1CCC(NC(=O)c2ccc(Nc3ncc4c(n3)N(C3CCCC3)CC(C)(C)C(=O)N4C)c(C)c2)CC1. The fraction of sp³-hybridized carbons (Fsp3) is 0.600. The molecule has 0 spiro atoms. The van der Waals surface area contributed by atoms with Crippen LogP contribution < -0.4 is 20.4 Å². The molecule has 0 radical (unpaired) electrons. The van der Waals surface area contributed by atoms with Crippen molar-refractivity contribution >= 4 is 35.0 Å². The van der Waals surface area contributed by atoms with Crippen LogP contribution in [0.25, 0.3) is 0 Å². The third-order valence-corrected chi connectivity index (χ3v) is 8.70. The van der Waals surface area contributed by atoms with Gasteiger partial charge in [-0.3, -0.25) is 9.59 Å². The van der Waals surface area contributed by atoms with Gasteiger partial charge in [0.05, 0.1) is 11.6 Å². The van der Waals surface area contributed by atoms with Crippen LogP contribution in [-0.4, -0.2) is 72.0 Å². The molecule has 2 aliphatic heterocycles. The standard InChI is InChI=1S/C30H43N7O2/c1-6-36-15-13-22(14-16-36)32-27(38)21-11-12-24(20(2)17-21)33-29-31-18-25-26(34-29)37(23-9-7-8-10-23)19-30(3,4)28(39)35(25)5/h11-12,17-18,22-23H,6-10,13-16,19H2,1-5H3,(H,32,38)(H,31,33,34). The summed E-state index contributed by atoms with van der Waals surface area (Å²) >= 11 is 0. The van der Waals surface area contributed by atoms with E-state index in [0.29, 0.717) is 24.1 Å². The molecule has 3 heterocycles. The normalized spacial score (nSPS) is 20.6.